The summed E-state index contributed by atoms with van der Waals surface area (Å²) in [6.07, 6.45) is 1.11. The number of carbonyl (C=O) groups excluding carboxylic acids is 1. The molecule has 0 radical (unpaired) electrons. The van der Waals surface area contributed by atoms with Gasteiger partial charge in [0, 0.05) is 16.8 Å². The Morgan fingerprint density at radius 1 is 1.07 bits per heavy atom. The van der Waals surface area contributed by atoms with Gasteiger partial charge in [0.15, 0.2) is 6.04 Å². The number of halogens is 1. The minimum absolute atomic E-state index is 0.270. The van der Waals surface area contributed by atoms with Gasteiger partial charge in [-0.3, -0.25) is 9.59 Å². The zero-order valence-electron chi connectivity index (χ0n) is 13.8. The molecule has 1 unspecified atom stereocenters. The van der Waals surface area contributed by atoms with Crippen LogP contribution in [0.1, 0.15) is 22.0 Å². The van der Waals surface area contributed by atoms with Gasteiger partial charge in [-0.1, -0.05) is 41.9 Å². The topological polar surface area (TPSA) is 112 Å². The zero-order valence-corrected chi connectivity index (χ0v) is 14.6. The fourth-order valence-electron chi connectivity index (χ4n) is 2.45. The molecule has 0 saturated heterocycles. The lowest BCUT2D eigenvalue weighted by Crippen LogP contribution is -2.36. The molecule has 3 rings (SSSR count). The van der Waals surface area contributed by atoms with Crippen molar-refractivity contribution in [1.29, 1.82) is 0 Å². The number of aromatic amines is 1. The SMILES string of the molecule is O=C(NC(C(=O)O)c1ccccc1)c1cnc(-c2ccc(Cl)cc2)[nH]c1=O. The van der Waals surface area contributed by atoms with Crippen LogP contribution in [0, 0.1) is 0 Å². The van der Waals surface area contributed by atoms with Crippen molar-refractivity contribution in [2.24, 2.45) is 0 Å². The average molecular weight is 384 g/mol. The minimum Gasteiger partial charge on any atom is -0.479 e. The van der Waals surface area contributed by atoms with Crippen LogP contribution in [0.25, 0.3) is 11.4 Å². The van der Waals surface area contributed by atoms with Gasteiger partial charge in [0.2, 0.25) is 0 Å². The number of carboxylic acid groups (broad SMARTS) is 1. The molecule has 8 heteroatoms. The molecule has 0 spiro atoms. The number of nitrogens with one attached hydrogen (secondary N) is 2. The third-order valence-corrected chi connectivity index (χ3v) is 4.07. The Morgan fingerprint density at radius 3 is 2.33 bits per heavy atom. The number of rotatable bonds is 5. The monoisotopic (exact) mass is 383 g/mol. The molecule has 2 aromatic carbocycles. The first-order chi connectivity index (χ1) is 13.0. The summed E-state index contributed by atoms with van der Waals surface area (Å²) in [7, 11) is 0. The van der Waals surface area contributed by atoms with Gasteiger partial charge in [-0.15, -0.1) is 0 Å². The van der Waals surface area contributed by atoms with Crippen LogP contribution in [0.4, 0.5) is 0 Å². The summed E-state index contributed by atoms with van der Waals surface area (Å²) >= 11 is 5.83. The molecular formula is C19H14ClN3O4. The lowest BCUT2D eigenvalue weighted by atomic mass is 10.1. The largest absolute Gasteiger partial charge is 0.479 e. The van der Waals surface area contributed by atoms with E-state index < -0.39 is 23.5 Å². The average Bonchev–Trinajstić information content (AvgIpc) is 2.67. The van der Waals surface area contributed by atoms with Gasteiger partial charge in [-0.05, 0) is 29.8 Å². The van der Waals surface area contributed by atoms with Gasteiger partial charge < -0.3 is 15.4 Å². The summed E-state index contributed by atoms with van der Waals surface area (Å²) in [5.74, 6) is -1.80. The highest BCUT2D eigenvalue weighted by molar-refractivity contribution is 6.30. The molecule has 1 amide bonds. The smallest absolute Gasteiger partial charge is 0.330 e. The molecule has 0 fully saturated rings. The summed E-state index contributed by atoms with van der Waals surface area (Å²) < 4.78 is 0. The maximum atomic E-state index is 12.4. The van der Waals surface area contributed by atoms with Crippen molar-refractivity contribution < 1.29 is 14.7 Å². The van der Waals surface area contributed by atoms with E-state index in [0.29, 0.717) is 16.1 Å². The fourth-order valence-corrected chi connectivity index (χ4v) is 2.58. The van der Waals surface area contributed by atoms with Crippen molar-refractivity contribution in [2.75, 3.05) is 0 Å². The molecule has 1 atom stereocenters. The molecule has 1 aromatic heterocycles. The van der Waals surface area contributed by atoms with Crippen LogP contribution >= 0.6 is 11.6 Å². The number of aromatic nitrogens is 2. The van der Waals surface area contributed by atoms with Crippen LogP contribution in [0.15, 0.2) is 65.6 Å². The first-order valence-corrected chi connectivity index (χ1v) is 8.27. The van der Waals surface area contributed by atoms with Crippen LogP contribution < -0.4 is 10.9 Å². The van der Waals surface area contributed by atoms with Crippen LogP contribution in [0.5, 0.6) is 0 Å². The number of carbonyl (C=O) groups is 2. The van der Waals surface area contributed by atoms with Crippen LogP contribution in [0.2, 0.25) is 5.02 Å². The summed E-state index contributed by atoms with van der Waals surface area (Å²) in [5, 5.41) is 12.3. The van der Waals surface area contributed by atoms with Crippen molar-refractivity contribution >= 4 is 23.5 Å². The van der Waals surface area contributed by atoms with Crippen molar-refractivity contribution in [3.05, 3.63) is 87.3 Å². The molecule has 1 heterocycles. The second kappa shape index (κ2) is 7.84. The Morgan fingerprint density at radius 2 is 1.74 bits per heavy atom. The molecule has 3 aromatic rings. The predicted octanol–water partition coefficient (Wildman–Crippen LogP) is 2.65. The van der Waals surface area contributed by atoms with E-state index in [1.54, 1.807) is 54.6 Å². The Bertz CT molecular complexity index is 1030. The van der Waals surface area contributed by atoms with Crippen molar-refractivity contribution in [3.63, 3.8) is 0 Å². The van der Waals surface area contributed by atoms with E-state index >= 15 is 0 Å². The number of hydrogen-bond acceptors (Lipinski definition) is 4. The Labute approximate surface area is 158 Å². The van der Waals surface area contributed by atoms with Crippen molar-refractivity contribution in [1.82, 2.24) is 15.3 Å². The maximum absolute atomic E-state index is 12.4. The van der Waals surface area contributed by atoms with Crippen molar-refractivity contribution in [2.45, 2.75) is 6.04 Å². The minimum atomic E-state index is -1.28. The number of H-pyrrole nitrogens is 1. The Kier molecular flexibility index (Phi) is 5.33. The van der Waals surface area contributed by atoms with Crippen LogP contribution in [0.3, 0.4) is 0 Å². The second-order valence-corrected chi connectivity index (χ2v) is 6.07. The Hall–Kier alpha value is -3.45. The second-order valence-electron chi connectivity index (χ2n) is 5.64. The lowest BCUT2D eigenvalue weighted by Gasteiger charge is -2.14. The first kappa shape index (κ1) is 18.3. The van der Waals surface area contributed by atoms with Crippen LogP contribution in [-0.4, -0.2) is 27.0 Å². The van der Waals surface area contributed by atoms with Gasteiger partial charge in [0.05, 0.1) is 0 Å². The van der Waals surface area contributed by atoms with E-state index in [0.717, 1.165) is 6.20 Å². The number of nitrogens with zero attached hydrogens (tertiary/aromatic N) is 1. The third kappa shape index (κ3) is 4.21. The molecule has 0 bridgehead atoms. The molecular weight excluding hydrogens is 370 g/mol. The molecule has 0 aliphatic heterocycles. The highest BCUT2D eigenvalue weighted by Gasteiger charge is 2.24. The van der Waals surface area contributed by atoms with Crippen LogP contribution in [-0.2, 0) is 4.79 Å². The van der Waals surface area contributed by atoms with E-state index in [9.17, 15) is 19.5 Å². The van der Waals surface area contributed by atoms with Gasteiger partial charge in [-0.2, -0.15) is 0 Å². The molecule has 3 N–H and O–H groups in total. The molecule has 0 aliphatic rings. The number of aliphatic carboxylic acids is 1. The van der Waals surface area contributed by atoms with E-state index in [-0.39, 0.29) is 11.4 Å². The third-order valence-electron chi connectivity index (χ3n) is 3.82. The summed E-state index contributed by atoms with van der Waals surface area (Å²) in [6, 6.07) is 13.6. The molecule has 27 heavy (non-hydrogen) atoms. The summed E-state index contributed by atoms with van der Waals surface area (Å²) in [5.41, 5.74) is 0.0521. The normalized spacial score (nSPS) is 11.6. The highest BCUT2D eigenvalue weighted by Crippen LogP contribution is 2.17. The summed E-state index contributed by atoms with van der Waals surface area (Å²) in [6.45, 7) is 0. The quantitative estimate of drug-likeness (QED) is 0.627. The highest BCUT2D eigenvalue weighted by atomic mass is 35.5. The molecule has 0 saturated carbocycles. The molecule has 7 nitrogen and oxygen atoms in total. The van der Waals surface area contributed by atoms with E-state index in [2.05, 4.69) is 15.3 Å². The van der Waals surface area contributed by atoms with Gasteiger partial charge in [0.25, 0.3) is 11.5 Å². The number of benzene rings is 2. The Balaban J connectivity index is 1.85. The van der Waals surface area contributed by atoms with Crippen molar-refractivity contribution in [3.8, 4) is 11.4 Å². The number of carboxylic acids is 1. The maximum Gasteiger partial charge on any atom is 0.330 e. The number of hydrogen-bond donors (Lipinski definition) is 3. The van der Waals surface area contributed by atoms with Gasteiger partial charge in [-0.25, -0.2) is 9.78 Å². The predicted molar refractivity (Wildman–Crippen MR) is 99.6 cm³/mol. The fraction of sp³-hybridized carbons (Fsp3) is 0.0526. The van der Waals surface area contributed by atoms with E-state index in [1.807, 2.05) is 0 Å². The molecule has 136 valence electrons. The first-order valence-electron chi connectivity index (χ1n) is 7.89. The zero-order chi connectivity index (χ0) is 19.4. The van der Waals surface area contributed by atoms with E-state index in [4.69, 9.17) is 11.6 Å². The lowest BCUT2D eigenvalue weighted by molar-refractivity contribution is -0.139. The summed E-state index contributed by atoms with van der Waals surface area (Å²) in [4.78, 5) is 42.8. The molecule has 0 aliphatic carbocycles. The van der Waals surface area contributed by atoms with E-state index in [1.165, 1.54) is 0 Å². The standard InChI is InChI=1S/C19H14ClN3O4/c20-13-8-6-12(7-9-13)16-21-10-14(18(25)23-16)17(24)22-15(19(26)27)11-4-2-1-3-5-11/h1-10,15H,(H,22,24)(H,26,27)(H,21,23,25). The van der Waals surface area contributed by atoms with Gasteiger partial charge in [0.1, 0.15) is 11.4 Å². The van der Waals surface area contributed by atoms with Gasteiger partial charge >= 0.3 is 5.97 Å². The number of amides is 1.